The highest BCUT2D eigenvalue weighted by atomic mass is 16.3. The van der Waals surface area contributed by atoms with Gasteiger partial charge < -0.3 is 8.98 Å². The van der Waals surface area contributed by atoms with E-state index in [0.29, 0.717) is 0 Å². The van der Waals surface area contributed by atoms with Crippen molar-refractivity contribution in [3.05, 3.63) is 140 Å². The zero-order valence-electron chi connectivity index (χ0n) is 21.6. The van der Waals surface area contributed by atoms with Gasteiger partial charge in [-0.1, -0.05) is 103 Å². The van der Waals surface area contributed by atoms with Crippen molar-refractivity contribution in [1.82, 2.24) is 4.57 Å². The maximum absolute atomic E-state index is 6.71. The number of hydrogen-bond acceptors (Lipinski definition) is 1. The van der Waals surface area contributed by atoms with Gasteiger partial charge in [-0.05, 0) is 63.7 Å². The molecule has 2 heteroatoms. The van der Waals surface area contributed by atoms with Crippen molar-refractivity contribution in [3.63, 3.8) is 0 Å². The lowest BCUT2D eigenvalue weighted by Gasteiger charge is -2.13. The highest BCUT2D eigenvalue weighted by Gasteiger charge is 2.21. The second kappa shape index (κ2) is 8.08. The van der Waals surface area contributed by atoms with E-state index in [9.17, 15) is 0 Å². The van der Waals surface area contributed by atoms with Crippen LogP contribution in [0.4, 0.5) is 0 Å². The first kappa shape index (κ1) is 21.6. The van der Waals surface area contributed by atoms with Crippen molar-refractivity contribution < 1.29 is 4.42 Å². The van der Waals surface area contributed by atoms with E-state index in [0.717, 1.165) is 33.0 Å². The summed E-state index contributed by atoms with van der Waals surface area (Å²) in [6.45, 7) is 0. The second-order valence-electron chi connectivity index (χ2n) is 10.5. The van der Waals surface area contributed by atoms with Gasteiger partial charge >= 0.3 is 0 Å². The topological polar surface area (TPSA) is 18.1 Å². The predicted octanol–water partition coefficient (Wildman–Crippen LogP) is 10.7. The van der Waals surface area contributed by atoms with Gasteiger partial charge in [-0.2, -0.15) is 0 Å². The first-order valence-corrected chi connectivity index (χ1v) is 13.7. The largest absolute Gasteiger partial charge is 0.455 e. The zero-order valence-corrected chi connectivity index (χ0v) is 21.6. The Bertz CT molecular complexity index is 2420. The fourth-order valence-electron chi connectivity index (χ4n) is 6.57. The molecular weight excluding hydrogens is 486 g/mol. The average Bonchev–Trinajstić information content (AvgIpc) is 3.56. The zero-order chi connectivity index (χ0) is 26.2. The second-order valence-corrected chi connectivity index (χ2v) is 10.5. The quantitative estimate of drug-likeness (QED) is 0.227. The summed E-state index contributed by atoms with van der Waals surface area (Å²) in [4.78, 5) is 0. The molecule has 0 aliphatic heterocycles. The molecule has 9 rings (SSSR count). The molecule has 186 valence electrons. The first-order valence-electron chi connectivity index (χ1n) is 13.7. The summed E-state index contributed by atoms with van der Waals surface area (Å²) in [7, 11) is 0. The van der Waals surface area contributed by atoms with E-state index in [4.69, 9.17) is 4.42 Å². The van der Waals surface area contributed by atoms with Crippen LogP contribution in [-0.2, 0) is 0 Å². The van der Waals surface area contributed by atoms with E-state index in [1.165, 1.54) is 49.1 Å². The summed E-state index contributed by atoms with van der Waals surface area (Å²) in [5, 5.41) is 9.57. The first-order chi connectivity index (χ1) is 19.8. The van der Waals surface area contributed by atoms with Gasteiger partial charge in [-0.25, -0.2) is 0 Å². The molecular formula is C38H23NO. The van der Waals surface area contributed by atoms with E-state index in [1.807, 2.05) is 6.07 Å². The maximum Gasteiger partial charge on any atom is 0.145 e. The van der Waals surface area contributed by atoms with Crippen molar-refractivity contribution in [1.29, 1.82) is 0 Å². The van der Waals surface area contributed by atoms with Crippen LogP contribution in [0.5, 0.6) is 0 Å². The van der Waals surface area contributed by atoms with Crippen molar-refractivity contribution in [2.45, 2.75) is 0 Å². The summed E-state index contributed by atoms with van der Waals surface area (Å²) in [5.41, 5.74) is 7.78. The molecule has 0 N–H and O–H groups in total. The Morgan fingerprint density at radius 2 is 1.20 bits per heavy atom. The van der Waals surface area contributed by atoms with E-state index in [2.05, 4.69) is 138 Å². The Labute approximate surface area is 230 Å². The molecule has 0 unspecified atom stereocenters. The van der Waals surface area contributed by atoms with Gasteiger partial charge in [0.2, 0.25) is 0 Å². The van der Waals surface area contributed by atoms with Gasteiger partial charge in [0.1, 0.15) is 11.2 Å². The molecule has 0 amide bonds. The molecule has 0 aliphatic rings. The molecule has 2 aromatic heterocycles. The van der Waals surface area contributed by atoms with Crippen LogP contribution in [0.2, 0.25) is 0 Å². The smallest absolute Gasteiger partial charge is 0.145 e. The van der Waals surface area contributed by atoms with Crippen LogP contribution in [0, 0.1) is 0 Å². The molecule has 0 spiro atoms. The molecule has 0 bridgehead atoms. The number of rotatable bonds is 2. The molecule has 0 saturated heterocycles. The summed E-state index contributed by atoms with van der Waals surface area (Å²) < 4.78 is 9.12. The van der Waals surface area contributed by atoms with Gasteiger partial charge in [0.25, 0.3) is 0 Å². The summed E-state index contributed by atoms with van der Waals surface area (Å²) in [6.07, 6.45) is 0. The Hall–Kier alpha value is -5.34. The lowest BCUT2D eigenvalue weighted by Crippen LogP contribution is -1.94. The van der Waals surface area contributed by atoms with Crippen molar-refractivity contribution in [2.75, 3.05) is 0 Å². The molecule has 2 heterocycles. The van der Waals surface area contributed by atoms with E-state index in [-0.39, 0.29) is 0 Å². The number of aromatic nitrogens is 1. The van der Waals surface area contributed by atoms with Crippen molar-refractivity contribution in [2.24, 2.45) is 0 Å². The molecule has 9 aromatic rings. The van der Waals surface area contributed by atoms with Crippen LogP contribution >= 0.6 is 0 Å². The third-order valence-electron chi connectivity index (χ3n) is 8.35. The van der Waals surface area contributed by atoms with Gasteiger partial charge in [0.15, 0.2) is 0 Å². The van der Waals surface area contributed by atoms with E-state index in [1.54, 1.807) is 0 Å². The van der Waals surface area contributed by atoms with Crippen LogP contribution in [0.1, 0.15) is 0 Å². The minimum atomic E-state index is 0.911. The minimum absolute atomic E-state index is 0.911. The monoisotopic (exact) mass is 509 g/mol. The Morgan fingerprint density at radius 1 is 0.475 bits per heavy atom. The fourth-order valence-corrected chi connectivity index (χ4v) is 6.57. The van der Waals surface area contributed by atoms with Crippen LogP contribution in [0.15, 0.2) is 144 Å². The highest BCUT2D eigenvalue weighted by Crippen LogP contribution is 2.45. The van der Waals surface area contributed by atoms with Gasteiger partial charge in [0, 0.05) is 27.2 Å². The predicted molar refractivity (Wildman–Crippen MR) is 169 cm³/mol. The summed E-state index contributed by atoms with van der Waals surface area (Å²) in [6, 6.07) is 50.0. The lowest BCUT2D eigenvalue weighted by atomic mass is 9.92. The fraction of sp³-hybridized carbons (Fsp3) is 0. The highest BCUT2D eigenvalue weighted by molar-refractivity contribution is 6.29. The van der Waals surface area contributed by atoms with E-state index >= 15 is 0 Å². The van der Waals surface area contributed by atoms with Crippen LogP contribution in [-0.4, -0.2) is 4.57 Å². The number of benzene rings is 7. The standard InChI is InChI=1S/C38H23NO/c1-2-12-27(13-3-1)39-34-16-8-6-14-28(34)31-21-20-30-32(26-19-18-24-10-4-5-11-25(24)22-26)23-33-29-15-7-9-17-35(29)40-38(33)36(30)37(31)39/h1-23H. The minimum Gasteiger partial charge on any atom is -0.455 e. The third kappa shape index (κ3) is 2.93. The molecule has 0 radical (unpaired) electrons. The Balaban J connectivity index is 1.54. The molecule has 0 saturated carbocycles. The Kier molecular flexibility index (Phi) is 4.36. The summed E-state index contributed by atoms with van der Waals surface area (Å²) in [5.74, 6) is 0. The molecule has 0 fully saturated rings. The van der Waals surface area contributed by atoms with Gasteiger partial charge in [-0.15, -0.1) is 0 Å². The third-order valence-corrected chi connectivity index (χ3v) is 8.35. The number of hydrogen-bond donors (Lipinski definition) is 0. The average molecular weight is 510 g/mol. The van der Waals surface area contributed by atoms with Gasteiger partial charge in [0.05, 0.1) is 16.4 Å². The van der Waals surface area contributed by atoms with Crippen molar-refractivity contribution in [3.8, 4) is 16.8 Å². The lowest BCUT2D eigenvalue weighted by molar-refractivity contribution is 0.673. The SMILES string of the molecule is c1ccc(-n2c3ccccc3c3ccc4c(-c5ccc6ccccc6c5)cc5c6ccccc6oc5c4c32)cc1. The normalized spacial score (nSPS) is 12.0. The van der Waals surface area contributed by atoms with Crippen LogP contribution < -0.4 is 0 Å². The molecule has 0 aliphatic carbocycles. The number of fused-ring (bicyclic) bond motifs is 10. The number of nitrogens with zero attached hydrogens (tertiary/aromatic N) is 1. The van der Waals surface area contributed by atoms with Crippen LogP contribution in [0.25, 0.3) is 82.1 Å². The van der Waals surface area contributed by atoms with E-state index < -0.39 is 0 Å². The molecule has 7 aromatic carbocycles. The number of furan rings is 1. The Morgan fingerprint density at radius 3 is 2.10 bits per heavy atom. The summed E-state index contributed by atoms with van der Waals surface area (Å²) >= 11 is 0. The molecule has 2 nitrogen and oxygen atoms in total. The number of para-hydroxylation sites is 3. The van der Waals surface area contributed by atoms with Crippen molar-refractivity contribution >= 4 is 65.3 Å². The van der Waals surface area contributed by atoms with Crippen LogP contribution in [0.3, 0.4) is 0 Å². The van der Waals surface area contributed by atoms with Gasteiger partial charge in [-0.3, -0.25) is 0 Å². The molecule has 40 heavy (non-hydrogen) atoms. The molecule has 0 atom stereocenters. The maximum atomic E-state index is 6.71.